The molecule has 0 N–H and O–H groups in total. The molecular weight excluding hydrogens is 378 g/mol. The van der Waals surface area contributed by atoms with Gasteiger partial charge in [0.15, 0.2) is 0 Å². The van der Waals surface area contributed by atoms with Crippen LogP contribution in [0.1, 0.15) is 22.3 Å². The first kappa shape index (κ1) is 18.1. The van der Waals surface area contributed by atoms with Crippen LogP contribution in [0.2, 0.25) is 0 Å². The highest BCUT2D eigenvalue weighted by Gasteiger charge is 2.19. The number of benzene rings is 4. The Balaban J connectivity index is 1.79. The van der Waals surface area contributed by atoms with Gasteiger partial charge in [-0.25, -0.2) is 18.8 Å². The molecule has 0 amide bonds. The van der Waals surface area contributed by atoms with Crippen molar-refractivity contribution in [2.24, 2.45) is 9.98 Å². The topological polar surface area (TPSA) is 24.7 Å². The third-order valence-electron chi connectivity index (χ3n) is 5.02. The van der Waals surface area contributed by atoms with E-state index in [1.165, 1.54) is 24.3 Å². The van der Waals surface area contributed by atoms with Crippen LogP contribution >= 0.6 is 0 Å². The van der Waals surface area contributed by atoms with E-state index in [4.69, 9.17) is 9.98 Å². The fourth-order valence-electron chi connectivity index (χ4n) is 3.56. The van der Waals surface area contributed by atoms with Crippen molar-refractivity contribution >= 4 is 22.8 Å². The summed E-state index contributed by atoms with van der Waals surface area (Å²) in [5.74, 6) is -0.592. The molecule has 0 fully saturated rings. The molecule has 30 heavy (non-hydrogen) atoms. The number of rotatable bonds is 2. The molecule has 4 heteroatoms. The van der Waals surface area contributed by atoms with Gasteiger partial charge in [0.25, 0.3) is 0 Å². The monoisotopic (exact) mass is 394 g/mol. The Morgan fingerprint density at radius 1 is 0.433 bits per heavy atom. The Bertz CT molecular complexity index is 1180. The average molecular weight is 394 g/mol. The molecule has 0 radical (unpaired) electrons. The second-order valence-corrected chi connectivity index (χ2v) is 6.97. The predicted octanol–water partition coefficient (Wildman–Crippen LogP) is 6.62. The summed E-state index contributed by atoms with van der Waals surface area (Å²) in [7, 11) is 0. The zero-order valence-electron chi connectivity index (χ0n) is 15.9. The largest absolute Gasteiger partial charge is 0.247 e. The standard InChI is InChI=1S/C26H16F2N2/c27-19-13-9-17(10-14-19)25-21-5-1-3-7-23(21)29-26(18-11-15-20(28)16-12-18)22-6-2-4-8-24(22)30-25/h1-16H/b25-21?,26-22?,29-23?,29-26-,30-24?,30-25-. The van der Waals surface area contributed by atoms with Gasteiger partial charge in [-0.05, 0) is 60.7 Å². The van der Waals surface area contributed by atoms with Gasteiger partial charge in [-0.2, -0.15) is 0 Å². The van der Waals surface area contributed by atoms with Crippen molar-refractivity contribution in [3.8, 4) is 0 Å². The first-order chi connectivity index (χ1) is 14.7. The molecule has 144 valence electrons. The van der Waals surface area contributed by atoms with Crippen LogP contribution in [0.4, 0.5) is 20.2 Å². The maximum Gasteiger partial charge on any atom is 0.123 e. The van der Waals surface area contributed by atoms with Gasteiger partial charge in [0, 0.05) is 22.3 Å². The van der Waals surface area contributed by atoms with Crippen molar-refractivity contribution < 1.29 is 8.78 Å². The van der Waals surface area contributed by atoms with E-state index < -0.39 is 0 Å². The molecule has 4 aromatic carbocycles. The third-order valence-corrected chi connectivity index (χ3v) is 5.02. The zero-order chi connectivity index (χ0) is 20.5. The lowest BCUT2D eigenvalue weighted by Gasteiger charge is -2.18. The summed E-state index contributed by atoms with van der Waals surface area (Å²) in [6.07, 6.45) is 0. The Morgan fingerprint density at radius 3 is 1.20 bits per heavy atom. The quantitative estimate of drug-likeness (QED) is 0.322. The van der Waals surface area contributed by atoms with Gasteiger partial charge in [-0.3, -0.25) is 0 Å². The normalized spacial score (nSPS) is 16.2. The van der Waals surface area contributed by atoms with Crippen LogP contribution < -0.4 is 0 Å². The van der Waals surface area contributed by atoms with E-state index in [-0.39, 0.29) is 11.6 Å². The van der Waals surface area contributed by atoms with Crippen LogP contribution in [0, 0.1) is 11.6 Å². The van der Waals surface area contributed by atoms with E-state index in [2.05, 4.69) is 0 Å². The fraction of sp³-hybridized carbons (Fsp3) is 0. The van der Waals surface area contributed by atoms with E-state index in [0.29, 0.717) is 0 Å². The molecule has 5 rings (SSSR count). The predicted molar refractivity (Wildman–Crippen MR) is 116 cm³/mol. The van der Waals surface area contributed by atoms with E-state index in [1.54, 1.807) is 24.3 Å². The molecule has 0 bridgehead atoms. The summed E-state index contributed by atoms with van der Waals surface area (Å²) in [4.78, 5) is 9.95. The molecule has 0 unspecified atom stereocenters. The van der Waals surface area contributed by atoms with Gasteiger partial charge < -0.3 is 0 Å². The highest BCUT2D eigenvalue weighted by molar-refractivity contribution is 6.22. The number of hydrogen-bond acceptors (Lipinski definition) is 2. The smallest absolute Gasteiger partial charge is 0.123 e. The Kier molecular flexibility index (Phi) is 4.52. The third kappa shape index (κ3) is 3.33. The molecule has 0 spiro atoms. The van der Waals surface area contributed by atoms with Gasteiger partial charge in [0.2, 0.25) is 0 Å². The van der Waals surface area contributed by atoms with Crippen LogP contribution in [0.15, 0.2) is 107 Å². The van der Waals surface area contributed by atoms with Gasteiger partial charge >= 0.3 is 0 Å². The lowest BCUT2D eigenvalue weighted by Crippen LogP contribution is -2.10. The minimum atomic E-state index is -0.296. The van der Waals surface area contributed by atoms with Crippen molar-refractivity contribution in [1.29, 1.82) is 0 Å². The van der Waals surface area contributed by atoms with E-state index in [9.17, 15) is 8.78 Å². The Labute approximate surface area is 172 Å². The second-order valence-electron chi connectivity index (χ2n) is 6.97. The van der Waals surface area contributed by atoms with Crippen LogP contribution in [0.25, 0.3) is 0 Å². The van der Waals surface area contributed by atoms with Crippen molar-refractivity contribution in [2.45, 2.75) is 0 Å². The van der Waals surface area contributed by atoms with Gasteiger partial charge in [-0.1, -0.05) is 36.4 Å². The van der Waals surface area contributed by atoms with E-state index >= 15 is 0 Å². The number of para-hydroxylation sites is 2. The van der Waals surface area contributed by atoms with Crippen LogP contribution in [-0.2, 0) is 0 Å². The van der Waals surface area contributed by atoms with Crippen molar-refractivity contribution in [1.82, 2.24) is 0 Å². The van der Waals surface area contributed by atoms with Crippen LogP contribution in [-0.4, -0.2) is 11.4 Å². The first-order valence-corrected chi connectivity index (χ1v) is 9.57. The van der Waals surface area contributed by atoms with Crippen molar-refractivity contribution in [2.75, 3.05) is 0 Å². The highest BCUT2D eigenvalue weighted by atomic mass is 19.1. The van der Waals surface area contributed by atoms with Gasteiger partial charge in [-0.15, -0.1) is 0 Å². The second kappa shape index (κ2) is 7.48. The molecule has 2 nitrogen and oxygen atoms in total. The highest BCUT2D eigenvalue weighted by Crippen LogP contribution is 2.33. The molecule has 1 aliphatic heterocycles. The maximum atomic E-state index is 13.5. The molecule has 0 atom stereocenters. The minimum absolute atomic E-state index is 0.296. The summed E-state index contributed by atoms with van der Waals surface area (Å²) < 4.78 is 27.0. The van der Waals surface area contributed by atoms with Gasteiger partial charge in [0.05, 0.1) is 22.8 Å². The van der Waals surface area contributed by atoms with E-state index in [1.807, 2.05) is 48.5 Å². The summed E-state index contributed by atoms with van der Waals surface area (Å²) in [5.41, 5.74) is 6.23. The lowest BCUT2D eigenvalue weighted by molar-refractivity contribution is 0.627. The summed E-state index contributed by atoms with van der Waals surface area (Å²) in [5, 5.41) is 0. The fourth-order valence-corrected chi connectivity index (χ4v) is 3.56. The zero-order valence-corrected chi connectivity index (χ0v) is 15.9. The Morgan fingerprint density at radius 2 is 0.800 bits per heavy atom. The molecule has 1 aliphatic rings. The molecule has 1 heterocycles. The molecule has 0 saturated heterocycles. The number of halogens is 2. The molecule has 0 aliphatic carbocycles. The molecule has 0 saturated carbocycles. The maximum absolute atomic E-state index is 13.5. The number of fused-ring (bicyclic) bond motifs is 2. The van der Waals surface area contributed by atoms with E-state index in [0.717, 1.165) is 45.1 Å². The van der Waals surface area contributed by atoms with Crippen LogP contribution in [0.5, 0.6) is 0 Å². The molecule has 0 aromatic heterocycles. The number of hydrogen-bond donors (Lipinski definition) is 0. The molecular formula is C26H16F2N2. The Hall–Kier alpha value is -3.92. The van der Waals surface area contributed by atoms with Crippen molar-refractivity contribution in [3.05, 3.63) is 131 Å². The lowest BCUT2D eigenvalue weighted by atomic mass is 9.96. The summed E-state index contributed by atoms with van der Waals surface area (Å²) >= 11 is 0. The summed E-state index contributed by atoms with van der Waals surface area (Å²) in [6.45, 7) is 0. The summed E-state index contributed by atoms with van der Waals surface area (Å²) in [6, 6.07) is 28.1. The SMILES string of the molecule is Fc1ccc(/C2=N/c3ccccc3/C(c3ccc(F)cc3)=N\c3ccccc32)cc1. The molecule has 4 aromatic rings. The van der Waals surface area contributed by atoms with Gasteiger partial charge in [0.1, 0.15) is 11.6 Å². The minimum Gasteiger partial charge on any atom is -0.247 e. The van der Waals surface area contributed by atoms with Crippen molar-refractivity contribution in [3.63, 3.8) is 0 Å². The number of nitrogens with zero attached hydrogens (tertiary/aromatic N) is 2. The number of aliphatic imine (C=N–C) groups is 2. The first-order valence-electron chi connectivity index (χ1n) is 9.57. The van der Waals surface area contributed by atoms with Crippen LogP contribution in [0.3, 0.4) is 0 Å². The average Bonchev–Trinajstić information content (AvgIpc) is 2.77.